The molecule has 4 aromatic rings. The molecule has 0 saturated carbocycles. The van der Waals surface area contributed by atoms with Crippen LogP contribution in [-0.4, -0.2) is 52.4 Å². The normalized spacial score (nSPS) is 15.5. The molecule has 0 bridgehead atoms. The van der Waals surface area contributed by atoms with E-state index in [2.05, 4.69) is 39.4 Å². The Morgan fingerprint density at radius 3 is 2.54 bits per heavy atom. The number of thiazole rings is 1. The molecular formula is C20H19N5O2S. The van der Waals surface area contributed by atoms with Crippen molar-refractivity contribution >= 4 is 37.9 Å². The highest BCUT2D eigenvalue weighted by Gasteiger charge is 2.16. The van der Waals surface area contributed by atoms with Gasteiger partial charge in [0.05, 0.1) is 20.8 Å². The van der Waals surface area contributed by atoms with E-state index in [1.165, 1.54) is 22.5 Å². The average Bonchev–Trinajstić information content (AvgIpc) is 3.26. The Morgan fingerprint density at radius 2 is 1.82 bits per heavy atom. The minimum Gasteiger partial charge on any atom is -0.369 e. The van der Waals surface area contributed by atoms with Gasteiger partial charge in [0.1, 0.15) is 0 Å². The fourth-order valence-corrected chi connectivity index (χ4v) is 4.68. The summed E-state index contributed by atoms with van der Waals surface area (Å²) in [5.41, 5.74) is 4.20. The van der Waals surface area contributed by atoms with E-state index in [9.17, 15) is 10.1 Å². The van der Waals surface area contributed by atoms with Gasteiger partial charge in [-0.3, -0.25) is 14.5 Å². The summed E-state index contributed by atoms with van der Waals surface area (Å²) >= 11 is 1.67. The minimum absolute atomic E-state index is 0.0895. The minimum atomic E-state index is -0.388. The third kappa shape index (κ3) is 2.90. The van der Waals surface area contributed by atoms with Crippen molar-refractivity contribution in [1.82, 2.24) is 14.3 Å². The van der Waals surface area contributed by atoms with E-state index in [-0.39, 0.29) is 10.6 Å². The maximum absolute atomic E-state index is 10.8. The second-order valence-electron chi connectivity index (χ2n) is 7.13. The highest BCUT2D eigenvalue weighted by Crippen LogP contribution is 2.32. The largest absolute Gasteiger partial charge is 0.369 e. The van der Waals surface area contributed by atoms with E-state index in [1.54, 1.807) is 23.5 Å². The number of imidazole rings is 1. The number of nitro benzene ring substituents is 1. The fraction of sp³-hybridized carbons (Fsp3) is 0.250. The van der Waals surface area contributed by atoms with Crippen LogP contribution in [0.3, 0.4) is 0 Å². The van der Waals surface area contributed by atoms with Crippen LogP contribution in [0.15, 0.2) is 48.7 Å². The number of piperazine rings is 1. The van der Waals surface area contributed by atoms with Gasteiger partial charge in [0.15, 0.2) is 4.96 Å². The topological polar surface area (TPSA) is 66.9 Å². The maximum Gasteiger partial charge on any atom is 0.269 e. The predicted molar refractivity (Wildman–Crippen MR) is 112 cm³/mol. The molecule has 1 saturated heterocycles. The Bertz CT molecular complexity index is 1170. The molecule has 7 nitrogen and oxygen atoms in total. The molecule has 3 heterocycles. The van der Waals surface area contributed by atoms with Crippen molar-refractivity contribution < 1.29 is 4.92 Å². The molecule has 0 aliphatic carbocycles. The third-order valence-electron chi connectivity index (χ3n) is 5.32. The lowest BCUT2D eigenvalue weighted by Gasteiger charge is -2.34. The first kappa shape index (κ1) is 17.2. The number of nitrogens with zero attached hydrogens (tertiary/aromatic N) is 5. The van der Waals surface area contributed by atoms with Gasteiger partial charge in [-0.1, -0.05) is 11.3 Å². The Kier molecular flexibility index (Phi) is 4.03. The van der Waals surface area contributed by atoms with E-state index < -0.39 is 0 Å². The standard InChI is InChI=1S/C20H19N5O2S/c1-22-8-10-23(11-9-22)16-6-7-18-19(12-16)28-20-21-17(13-24(18)20)14-2-4-15(5-3-14)25(26)27/h2-7,12-13H,8-11H2,1H3. The zero-order valence-corrected chi connectivity index (χ0v) is 16.2. The first-order valence-electron chi connectivity index (χ1n) is 9.18. The Balaban J connectivity index is 1.48. The first-order valence-corrected chi connectivity index (χ1v) is 10.00. The smallest absolute Gasteiger partial charge is 0.269 e. The Hall–Kier alpha value is -2.97. The number of nitro groups is 1. The van der Waals surface area contributed by atoms with Gasteiger partial charge < -0.3 is 9.80 Å². The number of hydrogen-bond acceptors (Lipinski definition) is 6. The van der Waals surface area contributed by atoms with Crippen LogP contribution < -0.4 is 4.90 Å². The summed E-state index contributed by atoms with van der Waals surface area (Å²) in [5.74, 6) is 0. The molecule has 8 heteroatoms. The molecule has 2 aromatic heterocycles. The summed E-state index contributed by atoms with van der Waals surface area (Å²) in [6.07, 6.45) is 2.00. The number of non-ortho nitro benzene ring substituents is 1. The van der Waals surface area contributed by atoms with Crippen molar-refractivity contribution in [2.24, 2.45) is 0 Å². The molecule has 1 aliphatic rings. The van der Waals surface area contributed by atoms with Crippen molar-refractivity contribution in [3.8, 4) is 11.3 Å². The SMILES string of the molecule is CN1CCN(c2ccc3c(c2)sc2nc(-c4ccc([N+](=O)[O-])cc4)cn23)CC1. The third-order valence-corrected chi connectivity index (χ3v) is 6.34. The van der Waals surface area contributed by atoms with E-state index in [1.807, 2.05) is 6.20 Å². The molecule has 142 valence electrons. The molecule has 5 rings (SSSR count). The summed E-state index contributed by atoms with van der Waals surface area (Å²) in [4.78, 5) is 20.9. The lowest BCUT2D eigenvalue weighted by Crippen LogP contribution is -2.44. The zero-order valence-electron chi connectivity index (χ0n) is 15.4. The first-order chi connectivity index (χ1) is 13.6. The summed E-state index contributed by atoms with van der Waals surface area (Å²) < 4.78 is 3.32. The average molecular weight is 393 g/mol. The zero-order chi connectivity index (χ0) is 19.3. The van der Waals surface area contributed by atoms with Gasteiger partial charge in [-0.15, -0.1) is 0 Å². The second-order valence-corrected chi connectivity index (χ2v) is 8.14. The van der Waals surface area contributed by atoms with Crippen LogP contribution in [-0.2, 0) is 0 Å². The molecule has 0 atom stereocenters. The van der Waals surface area contributed by atoms with Crippen molar-refractivity contribution in [2.75, 3.05) is 38.1 Å². The van der Waals surface area contributed by atoms with Gasteiger partial charge in [-0.05, 0) is 37.4 Å². The lowest BCUT2D eigenvalue weighted by atomic mass is 10.1. The van der Waals surface area contributed by atoms with Crippen molar-refractivity contribution in [1.29, 1.82) is 0 Å². The monoisotopic (exact) mass is 393 g/mol. The molecular weight excluding hydrogens is 374 g/mol. The number of rotatable bonds is 3. The van der Waals surface area contributed by atoms with E-state index in [0.717, 1.165) is 47.9 Å². The van der Waals surface area contributed by atoms with Gasteiger partial charge in [-0.2, -0.15) is 0 Å². The lowest BCUT2D eigenvalue weighted by molar-refractivity contribution is -0.384. The molecule has 28 heavy (non-hydrogen) atoms. The van der Waals surface area contributed by atoms with Crippen LogP contribution in [0.1, 0.15) is 0 Å². The summed E-state index contributed by atoms with van der Waals surface area (Å²) in [6, 6.07) is 13.1. The number of aromatic nitrogens is 2. The molecule has 0 unspecified atom stereocenters. The van der Waals surface area contributed by atoms with Crippen LogP contribution in [0.5, 0.6) is 0 Å². The van der Waals surface area contributed by atoms with Crippen LogP contribution >= 0.6 is 11.3 Å². The molecule has 0 amide bonds. The van der Waals surface area contributed by atoms with Crippen LogP contribution in [0, 0.1) is 10.1 Å². The van der Waals surface area contributed by atoms with Gasteiger partial charge >= 0.3 is 0 Å². The molecule has 2 aromatic carbocycles. The molecule has 1 aliphatic heterocycles. The van der Waals surface area contributed by atoms with Gasteiger partial charge in [0.2, 0.25) is 0 Å². The van der Waals surface area contributed by atoms with Crippen LogP contribution in [0.4, 0.5) is 11.4 Å². The van der Waals surface area contributed by atoms with Gasteiger partial charge in [0, 0.05) is 55.8 Å². The van der Waals surface area contributed by atoms with Crippen molar-refractivity contribution in [3.05, 3.63) is 58.8 Å². The van der Waals surface area contributed by atoms with Gasteiger partial charge in [0.25, 0.3) is 5.69 Å². The number of likely N-dealkylation sites (N-methyl/N-ethyl adjacent to an activating group) is 1. The number of anilines is 1. The molecule has 0 spiro atoms. The molecule has 0 radical (unpaired) electrons. The highest BCUT2D eigenvalue weighted by atomic mass is 32.1. The molecule has 1 fully saturated rings. The summed E-state index contributed by atoms with van der Waals surface area (Å²) in [6.45, 7) is 4.28. The summed E-state index contributed by atoms with van der Waals surface area (Å²) in [5, 5.41) is 10.8. The second kappa shape index (κ2) is 6.57. The van der Waals surface area contributed by atoms with Crippen molar-refractivity contribution in [2.45, 2.75) is 0 Å². The fourth-order valence-electron chi connectivity index (χ4n) is 3.64. The van der Waals surface area contributed by atoms with E-state index in [0.29, 0.717) is 0 Å². The van der Waals surface area contributed by atoms with Gasteiger partial charge in [-0.25, -0.2) is 4.98 Å². The number of hydrogen-bond donors (Lipinski definition) is 0. The Labute approximate surface area is 165 Å². The van der Waals surface area contributed by atoms with E-state index in [4.69, 9.17) is 4.98 Å². The van der Waals surface area contributed by atoms with E-state index >= 15 is 0 Å². The highest BCUT2D eigenvalue weighted by molar-refractivity contribution is 7.23. The Morgan fingerprint density at radius 1 is 1.07 bits per heavy atom. The van der Waals surface area contributed by atoms with Crippen molar-refractivity contribution in [3.63, 3.8) is 0 Å². The quantitative estimate of drug-likeness (QED) is 0.390. The number of benzene rings is 2. The maximum atomic E-state index is 10.8. The number of fused-ring (bicyclic) bond motifs is 3. The predicted octanol–water partition coefficient (Wildman–Crippen LogP) is 3.88. The molecule has 0 N–H and O–H groups in total. The van der Waals surface area contributed by atoms with Crippen LogP contribution in [0.25, 0.3) is 26.4 Å². The summed E-state index contributed by atoms with van der Waals surface area (Å²) in [7, 11) is 2.16. The van der Waals surface area contributed by atoms with Crippen LogP contribution in [0.2, 0.25) is 0 Å².